The summed E-state index contributed by atoms with van der Waals surface area (Å²) in [7, 11) is 0. The second-order valence-electron chi connectivity index (χ2n) is 6.85. The van der Waals surface area contributed by atoms with Crippen molar-refractivity contribution in [3.63, 3.8) is 0 Å². The standard InChI is InChI=1S/C19H25N3O3/c23-18(8-3-14-1-4-16(5-2-14)19(24)21-25)22-11-9-15(10-12-22)13-20-17-6-7-17/h1-5,8,15,17,20,25H,6-7,9-13H2,(H,21,24)/b8-3+. The summed E-state index contributed by atoms with van der Waals surface area (Å²) in [6.07, 6.45) is 8.09. The van der Waals surface area contributed by atoms with Crippen LogP contribution in [0.2, 0.25) is 0 Å². The van der Waals surface area contributed by atoms with E-state index >= 15 is 0 Å². The molecule has 3 N–H and O–H groups in total. The Kier molecular flexibility index (Phi) is 5.83. The summed E-state index contributed by atoms with van der Waals surface area (Å²) in [5.41, 5.74) is 2.80. The van der Waals surface area contributed by atoms with E-state index in [-0.39, 0.29) is 5.91 Å². The monoisotopic (exact) mass is 343 g/mol. The van der Waals surface area contributed by atoms with Crippen LogP contribution in [-0.2, 0) is 4.79 Å². The molecule has 1 saturated heterocycles. The number of benzene rings is 1. The first-order chi connectivity index (χ1) is 12.2. The molecule has 6 heteroatoms. The number of carbonyl (C=O) groups excluding carboxylic acids is 2. The first kappa shape index (κ1) is 17.6. The molecule has 0 spiro atoms. The average molecular weight is 343 g/mol. The number of likely N-dealkylation sites (tertiary alicyclic amines) is 1. The maximum atomic E-state index is 12.3. The third kappa shape index (κ3) is 5.14. The van der Waals surface area contributed by atoms with Gasteiger partial charge in [0.25, 0.3) is 5.91 Å². The lowest BCUT2D eigenvalue weighted by Gasteiger charge is -2.31. The van der Waals surface area contributed by atoms with E-state index in [0.29, 0.717) is 11.5 Å². The topological polar surface area (TPSA) is 81.7 Å². The highest BCUT2D eigenvalue weighted by molar-refractivity contribution is 5.94. The van der Waals surface area contributed by atoms with E-state index in [0.717, 1.165) is 44.1 Å². The van der Waals surface area contributed by atoms with Gasteiger partial charge in [-0.05, 0) is 61.9 Å². The van der Waals surface area contributed by atoms with Gasteiger partial charge in [0.2, 0.25) is 5.91 Å². The van der Waals surface area contributed by atoms with Gasteiger partial charge in [0.1, 0.15) is 0 Å². The van der Waals surface area contributed by atoms with Crippen molar-refractivity contribution in [3.8, 4) is 0 Å². The van der Waals surface area contributed by atoms with Crippen LogP contribution in [0.25, 0.3) is 6.08 Å². The van der Waals surface area contributed by atoms with Crippen molar-refractivity contribution in [1.82, 2.24) is 15.7 Å². The number of hydrogen-bond acceptors (Lipinski definition) is 4. The first-order valence-corrected chi connectivity index (χ1v) is 8.90. The Morgan fingerprint density at radius 2 is 1.80 bits per heavy atom. The molecule has 0 unspecified atom stereocenters. The van der Waals surface area contributed by atoms with E-state index in [1.54, 1.807) is 41.9 Å². The summed E-state index contributed by atoms with van der Waals surface area (Å²) in [4.78, 5) is 25.5. The number of piperidine rings is 1. The average Bonchev–Trinajstić information content (AvgIpc) is 3.49. The van der Waals surface area contributed by atoms with Crippen LogP contribution in [0.5, 0.6) is 0 Å². The molecule has 25 heavy (non-hydrogen) atoms. The molecule has 1 aliphatic carbocycles. The summed E-state index contributed by atoms with van der Waals surface area (Å²) in [6, 6.07) is 7.44. The van der Waals surface area contributed by atoms with Gasteiger partial charge in [-0.2, -0.15) is 0 Å². The number of amides is 2. The minimum Gasteiger partial charge on any atom is -0.339 e. The molecule has 1 saturated carbocycles. The van der Waals surface area contributed by atoms with Crippen LogP contribution in [0.1, 0.15) is 41.6 Å². The molecule has 0 atom stereocenters. The van der Waals surface area contributed by atoms with Crippen LogP contribution >= 0.6 is 0 Å². The van der Waals surface area contributed by atoms with Gasteiger partial charge in [0.15, 0.2) is 0 Å². The number of nitrogens with zero attached hydrogens (tertiary/aromatic N) is 1. The second kappa shape index (κ2) is 8.27. The third-order valence-corrected chi connectivity index (χ3v) is 4.89. The molecule has 1 aromatic rings. The molecule has 2 aliphatic rings. The predicted octanol–water partition coefficient (Wildman–Crippen LogP) is 1.81. The highest BCUT2D eigenvalue weighted by atomic mass is 16.5. The van der Waals surface area contributed by atoms with Gasteiger partial charge in [-0.1, -0.05) is 12.1 Å². The fourth-order valence-corrected chi connectivity index (χ4v) is 3.06. The Morgan fingerprint density at radius 1 is 1.12 bits per heavy atom. The minimum atomic E-state index is -0.550. The summed E-state index contributed by atoms with van der Waals surface area (Å²) in [5, 5.41) is 12.2. The van der Waals surface area contributed by atoms with Crippen molar-refractivity contribution in [2.45, 2.75) is 31.7 Å². The van der Waals surface area contributed by atoms with Gasteiger partial charge in [-0.3, -0.25) is 14.8 Å². The lowest BCUT2D eigenvalue weighted by atomic mass is 9.96. The van der Waals surface area contributed by atoms with Crippen molar-refractivity contribution in [1.29, 1.82) is 0 Å². The first-order valence-electron chi connectivity index (χ1n) is 8.90. The van der Waals surface area contributed by atoms with Gasteiger partial charge in [-0.25, -0.2) is 5.48 Å². The van der Waals surface area contributed by atoms with Crippen molar-refractivity contribution >= 4 is 17.9 Å². The van der Waals surface area contributed by atoms with E-state index in [1.165, 1.54) is 12.8 Å². The number of hydrogen-bond donors (Lipinski definition) is 3. The van der Waals surface area contributed by atoms with E-state index in [9.17, 15) is 9.59 Å². The number of rotatable bonds is 6. The summed E-state index contributed by atoms with van der Waals surface area (Å²) >= 11 is 0. The Labute approximate surface area is 147 Å². The zero-order chi connectivity index (χ0) is 17.6. The zero-order valence-electron chi connectivity index (χ0n) is 14.3. The SMILES string of the molecule is O=C(NO)c1ccc(/C=C/C(=O)N2CCC(CNC3CC3)CC2)cc1. The second-order valence-corrected chi connectivity index (χ2v) is 6.85. The third-order valence-electron chi connectivity index (χ3n) is 4.89. The van der Waals surface area contributed by atoms with Crippen LogP contribution in [0, 0.1) is 5.92 Å². The molecule has 1 aliphatic heterocycles. The summed E-state index contributed by atoms with van der Waals surface area (Å²) in [6.45, 7) is 2.71. The molecule has 6 nitrogen and oxygen atoms in total. The fraction of sp³-hybridized carbons (Fsp3) is 0.474. The van der Waals surface area contributed by atoms with Crippen LogP contribution in [0.4, 0.5) is 0 Å². The molecular weight excluding hydrogens is 318 g/mol. The number of nitrogens with one attached hydrogen (secondary N) is 2. The Balaban J connectivity index is 1.45. The number of hydroxylamine groups is 1. The molecule has 2 amide bonds. The quantitative estimate of drug-likeness (QED) is 0.418. The Hall–Kier alpha value is -2.18. The van der Waals surface area contributed by atoms with Gasteiger partial charge in [-0.15, -0.1) is 0 Å². The highest BCUT2D eigenvalue weighted by Gasteiger charge is 2.25. The largest absolute Gasteiger partial charge is 0.339 e. The van der Waals surface area contributed by atoms with Crippen LogP contribution in [0.3, 0.4) is 0 Å². The van der Waals surface area contributed by atoms with E-state index in [4.69, 9.17) is 5.21 Å². The minimum absolute atomic E-state index is 0.0331. The highest BCUT2D eigenvalue weighted by Crippen LogP contribution is 2.22. The Bertz CT molecular complexity index is 630. The molecular formula is C19H25N3O3. The maximum absolute atomic E-state index is 12.3. The van der Waals surface area contributed by atoms with Crippen LogP contribution in [-0.4, -0.2) is 47.6 Å². The molecule has 0 bridgehead atoms. The Morgan fingerprint density at radius 3 is 2.40 bits per heavy atom. The van der Waals surface area contributed by atoms with Gasteiger partial charge in [0, 0.05) is 30.8 Å². The molecule has 1 aromatic carbocycles. The fourth-order valence-electron chi connectivity index (χ4n) is 3.06. The summed E-state index contributed by atoms with van der Waals surface area (Å²) < 4.78 is 0. The molecule has 1 heterocycles. The molecule has 0 aromatic heterocycles. The smallest absolute Gasteiger partial charge is 0.274 e. The van der Waals surface area contributed by atoms with Crippen LogP contribution in [0.15, 0.2) is 30.3 Å². The van der Waals surface area contributed by atoms with Crippen LogP contribution < -0.4 is 10.8 Å². The van der Waals surface area contributed by atoms with E-state index in [1.807, 2.05) is 4.90 Å². The predicted molar refractivity (Wildman–Crippen MR) is 95.1 cm³/mol. The lowest BCUT2D eigenvalue weighted by molar-refractivity contribution is -0.127. The maximum Gasteiger partial charge on any atom is 0.274 e. The molecule has 2 fully saturated rings. The molecule has 134 valence electrons. The normalized spacial score (nSPS) is 18.5. The molecule has 0 radical (unpaired) electrons. The van der Waals surface area contributed by atoms with E-state index in [2.05, 4.69) is 5.32 Å². The summed E-state index contributed by atoms with van der Waals surface area (Å²) in [5.74, 6) is 0.162. The zero-order valence-corrected chi connectivity index (χ0v) is 14.3. The van der Waals surface area contributed by atoms with Gasteiger partial charge in [0.05, 0.1) is 0 Å². The van der Waals surface area contributed by atoms with E-state index < -0.39 is 5.91 Å². The van der Waals surface area contributed by atoms with Crippen molar-refractivity contribution in [3.05, 3.63) is 41.5 Å². The van der Waals surface area contributed by atoms with Crippen molar-refractivity contribution in [2.24, 2.45) is 5.92 Å². The van der Waals surface area contributed by atoms with Gasteiger partial charge >= 0.3 is 0 Å². The lowest BCUT2D eigenvalue weighted by Crippen LogP contribution is -2.40. The molecule has 3 rings (SSSR count). The van der Waals surface area contributed by atoms with Crippen molar-refractivity contribution < 1.29 is 14.8 Å². The van der Waals surface area contributed by atoms with Gasteiger partial charge < -0.3 is 10.2 Å². The number of carbonyl (C=O) groups is 2. The van der Waals surface area contributed by atoms with Crippen molar-refractivity contribution in [2.75, 3.05) is 19.6 Å².